The van der Waals surface area contributed by atoms with Crippen molar-refractivity contribution in [3.63, 3.8) is 0 Å². The number of thiophene rings is 1. The fourth-order valence-corrected chi connectivity index (χ4v) is 5.98. The Morgan fingerprint density at radius 2 is 1.95 bits per heavy atom. The van der Waals surface area contributed by atoms with Gasteiger partial charge in [-0.15, -0.1) is 4.80 Å². The molecule has 4 aromatic rings. The fraction of sp³-hybridized carbons (Fsp3) is 0.400. The largest absolute Gasteiger partial charge is 0.496 e. The number of carbonyl (C=O) groups excluding carboxylic acids is 1. The molecule has 1 aliphatic heterocycles. The van der Waals surface area contributed by atoms with Crippen LogP contribution < -0.4 is 21.3 Å². The van der Waals surface area contributed by atoms with Crippen molar-refractivity contribution in [2.45, 2.75) is 32.0 Å². The van der Waals surface area contributed by atoms with E-state index < -0.39 is 35.1 Å². The number of amides is 1. The van der Waals surface area contributed by atoms with Crippen LogP contribution in [-0.4, -0.2) is 64.0 Å². The van der Waals surface area contributed by atoms with Gasteiger partial charge in [0, 0.05) is 24.8 Å². The molecule has 1 saturated heterocycles. The van der Waals surface area contributed by atoms with Gasteiger partial charge in [0.05, 0.1) is 44.6 Å². The molecule has 14 heteroatoms. The molecule has 1 amide bonds. The molecule has 1 aromatic carbocycles. The molecule has 2 atom stereocenters. The van der Waals surface area contributed by atoms with E-state index in [4.69, 9.17) is 14.2 Å². The number of aromatic nitrogens is 5. The number of aryl methyl sites for hydroxylation is 1. The molecular weight excluding hydrogens is 531 g/mol. The number of methoxy groups -OCH3 is 2. The molecule has 0 unspecified atom stereocenters. The molecule has 1 N–H and O–H groups in total. The van der Waals surface area contributed by atoms with E-state index in [2.05, 4.69) is 15.5 Å². The number of ether oxygens (including phenoxy) is 3. The molecule has 0 spiro atoms. The second-order valence-corrected chi connectivity index (χ2v) is 9.91. The molecule has 0 saturated carbocycles. The zero-order chi connectivity index (χ0) is 27.7. The van der Waals surface area contributed by atoms with E-state index in [-0.39, 0.29) is 25.1 Å². The smallest absolute Gasteiger partial charge is 0.332 e. The van der Waals surface area contributed by atoms with E-state index in [0.29, 0.717) is 39.7 Å². The van der Waals surface area contributed by atoms with Gasteiger partial charge in [-0.3, -0.25) is 14.2 Å². The first-order valence-electron chi connectivity index (χ1n) is 12.2. The minimum absolute atomic E-state index is 0.0978. The van der Waals surface area contributed by atoms with Crippen LogP contribution in [-0.2, 0) is 20.8 Å². The normalized spacial score (nSPS) is 16.1. The molecule has 5 rings (SSSR count). The second kappa shape index (κ2) is 11.1. The molecule has 1 aliphatic rings. The molecule has 1 fully saturated rings. The molecule has 39 heavy (non-hydrogen) atoms. The van der Waals surface area contributed by atoms with Crippen molar-refractivity contribution in [1.29, 1.82) is 0 Å². The van der Waals surface area contributed by atoms with Gasteiger partial charge < -0.3 is 19.5 Å². The predicted octanol–water partition coefficient (Wildman–Crippen LogP) is 1.73. The Morgan fingerprint density at radius 3 is 2.62 bits per heavy atom. The summed E-state index contributed by atoms with van der Waals surface area (Å²) < 4.78 is 33.4. The highest BCUT2D eigenvalue weighted by Gasteiger charge is 2.33. The highest BCUT2D eigenvalue weighted by atomic mass is 32.1. The summed E-state index contributed by atoms with van der Waals surface area (Å²) in [7, 11) is 2.98. The summed E-state index contributed by atoms with van der Waals surface area (Å²) in [6, 6.07) is 3.08. The maximum Gasteiger partial charge on any atom is 0.332 e. The summed E-state index contributed by atoms with van der Waals surface area (Å²) in [5, 5.41) is 11.9. The second-order valence-electron chi connectivity index (χ2n) is 8.93. The Hall–Kier alpha value is -3.88. The number of halogens is 1. The SMILES string of the molecule is COCCO[C@@H](Cn1c(=O)n([C@H]2CCNC2=O)c(=O)c2c(C)c(-n3nccn3)sc21)c1cc(F)ccc1OC. The van der Waals surface area contributed by atoms with E-state index in [1.807, 2.05) is 0 Å². The first-order valence-corrected chi connectivity index (χ1v) is 13.0. The standard InChI is InChI=1S/C25H27FN6O6S/c1-14-20-22(34)31(17-6-7-27-21(17)33)25(35)30(24(20)39-23(14)32-28-8-9-29-32)13-19(38-11-10-36-2)16-12-15(26)4-5-18(16)37-3/h4-5,8-9,12,17,19H,6-7,10-11,13H2,1-3H3,(H,27,33)/t17-,19-/m0/s1. The van der Waals surface area contributed by atoms with Crippen molar-refractivity contribution in [3.05, 3.63) is 68.4 Å². The summed E-state index contributed by atoms with van der Waals surface area (Å²) >= 11 is 1.17. The van der Waals surface area contributed by atoms with Crippen LogP contribution in [0.1, 0.15) is 29.7 Å². The van der Waals surface area contributed by atoms with Crippen molar-refractivity contribution in [1.82, 2.24) is 29.4 Å². The Bertz CT molecular complexity index is 1630. The fourth-order valence-electron chi connectivity index (χ4n) is 4.76. The van der Waals surface area contributed by atoms with E-state index in [1.54, 1.807) is 6.92 Å². The van der Waals surface area contributed by atoms with Crippen LogP contribution in [0.2, 0.25) is 0 Å². The van der Waals surface area contributed by atoms with Crippen LogP contribution in [0, 0.1) is 12.7 Å². The Morgan fingerprint density at radius 1 is 1.18 bits per heavy atom. The van der Waals surface area contributed by atoms with Crippen LogP contribution in [0.15, 0.2) is 40.2 Å². The van der Waals surface area contributed by atoms with Crippen LogP contribution in [0.3, 0.4) is 0 Å². The summed E-state index contributed by atoms with van der Waals surface area (Å²) in [6.07, 6.45) is 2.45. The molecule has 0 aliphatic carbocycles. The maximum absolute atomic E-state index is 14.4. The monoisotopic (exact) mass is 558 g/mol. The molecule has 0 radical (unpaired) electrons. The van der Waals surface area contributed by atoms with E-state index in [0.717, 1.165) is 4.57 Å². The van der Waals surface area contributed by atoms with Gasteiger partial charge in [0.2, 0.25) is 5.91 Å². The molecule has 4 heterocycles. The summed E-state index contributed by atoms with van der Waals surface area (Å²) in [6.45, 7) is 2.40. The lowest BCUT2D eigenvalue weighted by Gasteiger charge is -2.23. The zero-order valence-corrected chi connectivity index (χ0v) is 22.4. The van der Waals surface area contributed by atoms with Gasteiger partial charge in [-0.1, -0.05) is 11.3 Å². The average molecular weight is 559 g/mol. The van der Waals surface area contributed by atoms with Crippen LogP contribution in [0.4, 0.5) is 4.39 Å². The number of nitrogens with one attached hydrogen (secondary N) is 1. The Balaban J connectivity index is 1.74. The quantitative estimate of drug-likeness (QED) is 0.291. The van der Waals surface area contributed by atoms with E-state index in [9.17, 15) is 18.8 Å². The first-order chi connectivity index (χ1) is 18.8. The van der Waals surface area contributed by atoms with Gasteiger partial charge in [0.15, 0.2) is 0 Å². The van der Waals surface area contributed by atoms with Gasteiger partial charge >= 0.3 is 5.69 Å². The summed E-state index contributed by atoms with van der Waals surface area (Å²) in [5.74, 6) is -0.535. The maximum atomic E-state index is 14.4. The van der Waals surface area contributed by atoms with Crippen molar-refractivity contribution in [2.75, 3.05) is 34.0 Å². The van der Waals surface area contributed by atoms with Crippen molar-refractivity contribution < 1.29 is 23.4 Å². The van der Waals surface area contributed by atoms with Gasteiger partial charge in [-0.25, -0.2) is 13.8 Å². The van der Waals surface area contributed by atoms with Gasteiger partial charge in [-0.2, -0.15) is 10.2 Å². The van der Waals surface area contributed by atoms with Gasteiger partial charge in [0.1, 0.15) is 33.5 Å². The Kier molecular flexibility index (Phi) is 7.59. The average Bonchev–Trinajstić information content (AvgIpc) is 3.67. The zero-order valence-electron chi connectivity index (χ0n) is 21.5. The topological polar surface area (TPSA) is 132 Å². The van der Waals surface area contributed by atoms with Gasteiger partial charge in [0.25, 0.3) is 5.56 Å². The lowest BCUT2D eigenvalue weighted by Crippen LogP contribution is -2.44. The summed E-state index contributed by atoms with van der Waals surface area (Å²) in [5.41, 5.74) is -0.295. The predicted molar refractivity (Wildman–Crippen MR) is 140 cm³/mol. The summed E-state index contributed by atoms with van der Waals surface area (Å²) in [4.78, 5) is 42.1. The van der Waals surface area contributed by atoms with Crippen molar-refractivity contribution in [2.24, 2.45) is 0 Å². The minimum atomic E-state index is -0.956. The van der Waals surface area contributed by atoms with Crippen LogP contribution in [0.25, 0.3) is 15.2 Å². The van der Waals surface area contributed by atoms with Crippen molar-refractivity contribution in [3.8, 4) is 10.8 Å². The number of nitrogens with zero attached hydrogens (tertiary/aromatic N) is 5. The highest BCUT2D eigenvalue weighted by molar-refractivity contribution is 7.21. The molecule has 3 aromatic heterocycles. The lowest BCUT2D eigenvalue weighted by molar-refractivity contribution is -0.122. The number of rotatable bonds is 10. The number of hydrogen-bond acceptors (Lipinski definition) is 9. The van der Waals surface area contributed by atoms with Crippen molar-refractivity contribution >= 4 is 27.5 Å². The number of fused-ring (bicyclic) bond motifs is 1. The third-order valence-electron chi connectivity index (χ3n) is 6.64. The lowest BCUT2D eigenvalue weighted by atomic mass is 10.1. The number of carbonyl (C=O) groups is 1. The first kappa shape index (κ1) is 26.7. The van der Waals surface area contributed by atoms with Gasteiger partial charge in [-0.05, 0) is 31.5 Å². The van der Waals surface area contributed by atoms with E-state index >= 15 is 0 Å². The molecular formula is C25H27FN6O6S. The molecule has 12 nitrogen and oxygen atoms in total. The third kappa shape index (κ3) is 4.86. The highest BCUT2D eigenvalue weighted by Crippen LogP contribution is 2.34. The minimum Gasteiger partial charge on any atom is -0.496 e. The Labute approximate surface area is 225 Å². The third-order valence-corrected chi connectivity index (χ3v) is 7.92. The van der Waals surface area contributed by atoms with Crippen LogP contribution >= 0.6 is 11.3 Å². The molecule has 0 bridgehead atoms. The number of benzene rings is 1. The number of hydrogen-bond donors (Lipinski definition) is 1. The van der Waals surface area contributed by atoms with E-state index in [1.165, 1.54) is 65.5 Å². The van der Waals surface area contributed by atoms with Crippen LogP contribution in [0.5, 0.6) is 5.75 Å². The molecule has 206 valence electrons.